The summed E-state index contributed by atoms with van der Waals surface area (Å²) in [6, 6.07) is 5.67. The number of amides is 1. The molecule has 1 fully saturated rings. The van der Waals surface area contributed by atoms with Crippen LogP contribution in [0.4, 0.5) is 0 Å². The summed E-state index contributed by atoms with van der Waals surface area (Å²) in [6.07, 6.45) is 4.71. The molecule has 0 saturated carbocycles. The van der Waals surface area contributed by atoms with Crippen LogP contribution >= 0.6 is 0 Å². The Morgan fingerprint density at radius 3 is 2.96 bits per heavy atom. The van der Waals surface area contributed by atoms with Crippen LogP contribution in [-0.2, 0) is 6.54 Å². The van der Waals surface area contributed by atoms with Gasteiger partial charge in [-0.1, -0.05) is 0 Å². The number of carbonyl (C=O) groups excluding carboxylic acids is 1. The molecule has 3 aromatic rings. The number of carbonyl (C=O) groups is 1. The predicted molar refractivity (Wildman–Crippen MR) is 95.0 cm³/mol. The van der Waals surface area contributed by atoms with Gasteiger partial charge in [-0.15, -0.1) is 0 Å². The molecule has 8 heteroatoms. The lowest BCUT2D eigenvalue weighted by Gasteiger charge is -2.31. The van der Waals surface area contributed by atoms with E-state index in [1.165, 1.54) is 10.7 Å². The van der Waals surface area contributed by atoms with Crippen LogP contribution in [0.3, 0.4) is 0 Å². The van der Waals surface area contributed by atoms with Gasteiger partial charge in [0.05, 0.1) is 12.8 Å². The summed E-state index contributed by atoms with van der Waals surface area (Å²) in [5.74, 6) is 0.578. The summed E-state index contributed by atoms with van der Waals surface area (Å²) in [4.78, 5) is 31.5. The van der Waals surface area contributed by atoms with Crippen LogP contribution in [0.5, 0.6) is 0 Å². The first-order valence-electron chi connectivity index (χ1n) is 8.73. The number of rotatable bonds is 4. The van der Waals surface area contributed by atoms with Gasteiger partial charge in [-0.05, 0) is 31.9 Å². The van der Waals surface area contributed by atoms with E-state index in [9.17, 15) is 9.59 Å². The molecule has 0 radical (unpaired) electrons. The number of aromatic amines is 1. The quantitative estimate of drug-likeness (QED) is 0.736. The van der Waals surface area contributed by atoms with Crippen molar-refractivity contribution in [3.05, 3.63) is 58.0 Å². The molecule has 0 bridgehead atoms. The fraction of sp³-hybridized carbons (Fsp3) is 0.389. The summed E-state index contributed by atoms with van der Waals surface area (Å²) in [6.45, 7) is 4.36. The molecule has 0 atom stereocenters. The van der Waals surface area contributed by atoms with Gasteiger partial charge in [0.1, 0.15) is 11.3 Å². The zero-order valence-corrected chi connectivity index (χ0v) is 14.6. The summed E-state index contributed by atoms with van der Waals surface area (Å²) in [5, 5.41) is 5.87. The highest BCUT2D eigenvalue weighted by Gasteiger charge is 2.23. The Labute approximate surface area is 149 Å². The van der Waals surface area contributed by atoms with E-state index in [1.807, 2.05) is 19.1 Å². The third kappa shape index (κ3) is 3.28. The maximum absolute atomic E-state index is 12.5. The van der Waals surface area contributed by atoms with Gasteiger partial charge in [-0.3, -0.25) is 19.6 Å². The Morgan fingerprint density at radius 1 is 1.42 bits per heavy atom. The normalized spacial score (nSPS) is 16.2. The van der Waals surface area contributed by atoms with Gasteiger partial charge in [0.25, 0.3) is 11.5 Å². The van der Waals surface area contributed by atoms with Crippen LogP contribution in [0.25, 0.3) is 5.65 Å². The Hall–Kier alpha value is -2.87. The van der Waals surface area contributed by atoms with Crippen LogP contribution in [0.2, 0.25) is 0 Å². The highest BCUT2D eigenvalue weighted by atomic mass is 16.3. The highest BCUT2D eigenvalue weighted by Crippen LogP contribution is 2.14. The van der Waals surface area contributed by atoms with Crippen molar-refractivity contribution < 1.29 is 9.21 Å². The number of nitrogens with zero attached hydrogens (tertiary/aromatic N) is 3. The average Bonchev–Trinajstić information content (AvgIpc) is 3.26. The standard InChI is InChI=1S/C18H21N5O3/c1-12-9-16-19-10-15(18(25)23(16)21-12)17(24)20-13-4-6-22(7-5-13)11-14-3-2-8-26-14/h2-3,8-10,13,21H,4-7,11H2,1H3,(H,20,24). The van der Waals surface area contributed by atoms with Crippen molar-refractivity contribution in [1.82, 2.24) is 24.8 Å². The van der Waals surface area contributed by atoms with Gasteiger partial charge < -0.3 is 9.73 Å². The first kappa shape index (κ1) is 16.6. The molecule has 1 saturated heterocycles. The van der Waals surface area contributed by atoms with E-state index in [-0.39, 0.29) is 23.1 Å². The van der Waals surface area contributed by atoms with E-state index in [2.05, 4.69) is 20.3 Å². The van der Waals surface area contributed by atoms with Crippen LogP contribution in [0.15, 0.2) is 39.9 Å². The molecule has 4 heterocycles. The van der Waals surface area contributed by atoms with Crippen LogP contribution in [0, 0.1) is 6.92 Å². The van der Waals surface area contributed by atoms with E-state index < -0.39 is 0 Å². The third-order valence-electron chi connectivity index (χ3n) is 4.75. The maximum atomic E-state index is 12.5. The van der Waals surface area contributed by atoms with Crippen molar-refractivity contribution in [2.45, 2.75) is 32.4 Å². The fourth-order valence-corrected chi connectivity index (χ4v) is 3.36. The number of H-pyrrole nitrogens is 1. The second-order valence-electron chi connectivity index (χ2n) is 6.71. The number of fused-ring (bicyclic) bond motifs is 1. The van der Waals surface area contributed by atoms with Gasteiger partial charge in [-0.2, -0.15) is 0 Å². The monoisotopic (exact) mass is 355 g/mol. The second kappa shape index (κ2) is 6.80. The molecule has 0 unspecified atom stereocenters. The SMILES string of the molecule is Cc1cc2ncc(C(=O)NC3CCN(Cc4ccco4)CC3)c(=O)n2[nH]1. The smallest absolute Gasteiger partial charge is 0.285 e. The molecule has 3 aromatic heterocycles. The summed E-state index contributed by atoms with van der Waals surface area (Å²) >= 11 is 0. The molecule has 0 spiro atoms. The topological polar surface area (TPSA) is 95.6 Å². The lowest BCUT2D eigenvalue weighted by Crippen LogP contribution is -2.45. The molecule has 4 rings (SSSR count). The van der Waals surface area contributed by atoms with E-state index in [1.54, 1.807) is 12.3 Å². The van der Waals surface area contributed by atoms with Gasteiger partial charge in [0.15, 0.2) is 5.65 Å². The van der Waals surface area contributed by atoms with Crippen molar-refractivity contribution in [3.63, 3.8) is 0 Å². The van der Waals surface area contributed by atoms with Crippen molar-refractivity contribution >= 4 is 11.6 Å². The summed E-state index contributed by atoms with van der Waals surface area (Å²) in [5.41, 5.74) is 1.00. The number of aryl methyl sites for hydroxylation is 1. The van der Waals surface area contributed by atoms with Crippen molar-refractivity contribution in [2.24, 2.45) is 0 Å². The fourth-order valence-electron chi connectivity index (χ4n) is 3.36. The number of piperidine rings is 1. The van der Waals surface area contributed by atoms with Gasteiger partial charge >= 0.3 is 0 Å². The Balaban J connectivity index is 1.38. The molecule has 0 aliphatic carbocycles. The molecule has 1 amide bonds. The van der Waals surface area contributed by atoms with E-state index in [4.69, 9.17) is 4.42 Å². The Morgan fingerprint density at radius 2 is 2.23 bits per heavy atom. The first-order chi connectivity index (χ1) is 12.6. The maximum Gasteiger partial charge on any atom is 0.285 e. The van der Waals surface area contributed by atoms with Crippen molar-refractivity contribution in [3.8, 4) is 0 Å². The largest absolute Gasteiger partial charge is 0.468 e. The minimum absolute atomic E-state index is 0.0563. The Bertz CT molecular complexity index is 965. The lowest BCUT2D eigenvalue weighted by molar-refractivity contribution is 0.0904. The molecule has 1 aliphatic heterocycles. The summed E-state index contributed by atoms with van der Waals surface area (Å²) < 4.78 is 6.68. The summed E-state index contributed by atoms with van der Waals surface area (Å²) in [7, 11) is 0. The zero-order valence-electron chi connectivity index (χ0n) is 14.6. The third-order valence-corrected chi connectivity index (χ3v) is 4.75. The number of nitrogens with one attached hydrogen (secondary N) is 2. The molecule has 136 valence electrons. The van der Waals surface area contributed by atoms with Gasteiger partial charge in [0.2, 0.25) is 0 Å². The number of likely N-dealkylation sites (tertiary alicyclic amines) is 1. The van der Waals surface area contributed by atoms with Crippen LogP contribution in [-0.4, -0.2) is 44.5 Å². The molecule has 8 nitrogen and oxygen atoms in total. The average molecular weight is 355 g/mol. The molecule has 26 heavy (non-hydrogen) atoms. The van der Waals surface area contributed by atoms with Crippen LogP contribution < -0.4 is 10.9 Å². The number of hydrogen-bond donors (Lipinski definition) is 2. The molecule has 2 N–H and O–H groups in total. The minimum Gasteiger partial charge on any atom is -0.468 e. The molecule has 1 aliphatic rings. The van der Waals surface area contributed by atoms with Gasteiger partial charge in [-0.25, -0.2) is 9.50 Å². The zero-order chi connectivity index (χ0) is 18.1. The van der Waals surface area contributed by atoms with Crippen molar-refractivity contribution in [2.75, 3.05) is 13.1 Å². The van der Waals surface area contributed by atoms with Gasteiger partial charge in [0, 0.05) is 37.1 Å². The number of aromatic nitrogens is 3. The highest BCUT2D eigenvalue weighted by molar-refractivity contribution is 5.93. The van der Waals surface area contributed by atoms with Crippen molar-refractivity contribution in [1.29, 1.82) is 0 Å². The lowest BCUT2D eigenvalue weighted by atomic mass is 10.0. The predicted octanol–water partition coefficient (Wildman–Crippen LogP) is 1.32. The molecular formula is C18H21N5O3. The molecular weight excluding hydrogens is 334 g/mol. The van der Waals surface area contributed by atoms with E-state index in [0.717, 1.165) is 43.9 Å². The van der Waals surface area contributed by atoms with E-state index >= 15 is 0 Å². The number of furan rings is 1. The second-order valence-corrected chi connectivity index (χ2v) is 6.71. The number of hydrogen-bond acceptors (Lipinski definition) is 5. The van der Waals surface area contributed by atoms with E-state index in [0.29, 0.717) is 5.65 Å². The molecule has 0 aromatic carbocycles. The first-order valence-corrected chi connectivity index (χ1v) is 8.73. The van der Waals surface area contributed by atoms with Crippen LogP contribution in [0.1, 0.15) is 34.7 Å². The minimum atomic E-state index is -0.379. The Kier molecular flexibility index (Phi) is 4.34.